The standard InChI is InChI=1S/C53H42N2/c1-4-40-22-9-11-28-44(40)38(3)45-37-36-39(20-17-24-41(5-2)53-54-51-34-15-16-35-52(51)55(53)43-26-7-6-8-27-43)21-18-32-50(49-31-14-13-30-47(45)49)48-33-19-25-42-23-10-12-29-46(42)48/h4-12,15-37H,1-3,13-14H2/b20-17+,21-18?,39-36?,41-24+,45-37?,50-32?. The molecule has 7 aromatic rings. The van der Waals surface area contributed by atoms with Crippen molar-refractivity contribution in [3.05, 3.63) is 228 Å². The van der Waals surface area contributed by atoms with Crippen molar-refractivity contribution in [1.29, 1.82) is 0 Å². The highest BCUT2D eigenvalue weighted by Gasteiger charge is 2.15. The first-order valence-electron chi connectivity index (χ1n) is 18.8. The minimum atomic E-state index is 0.841. The molecule has 0 saturated carbocycles. The molecule has 0 bridgehead atoms. The lowest BCUT2D eigenvalue weighted by molar-refractivity contribution is 1.06. The van der Waals surface area contributed by atoms with Gasteiger partial charge in [-0.15, -0.1) is 0 Å². The molecule has 0 saturated heterocycles. The Balaban J connectivity index is 1.32. The highest BCUT2D eigenvalue weighted by molar-refractivity contribution is 5.97. The van der Waals surface area contributed by atoms with Gasteiger partial charge in [-0.1, -0.05) is 190 Å². The van der Waals surface area contributed by atoms with E-state index in [2.05, 4.69) is 188 Å². The van der Waals surface area contributed by atoms with Crippen LogP contribution in [0.2, 0.25) is 0 Å². The molecule has 0 atom stereocenters. The lowest BCUT2D eigenvalue weighted by Crippen LogP contribution is -2.30. The topological polar surface area (TPSA) is 17.8 Å². The van der Waals surface area contributed by atoms with Crippen LogP contribution in [0.15, 0.2) is 190 Å². The van der Waals surface area contributed by atoms with Gasteiger partial charge in [0.2, 0.25) is 0 Å². The van der Waals surface area contributed by atoms with Gasteiger partial charge in [0, 0.05) is 11.3 Å². The summed E-state index contributed by atoms with van der Waals surface area (Å²) < 4.78 is 2.20. The maximum absolute atomic E-state index is 5.06. The number of aromatic nitrogens is 2. The second-order valence-corrected chi connectivity index (χ2v) is 13.6. The molecule has 1 aliphatic rings. The molecule has 2 heteroatoms. The van der Waals surface area contributed by atoms with E-state index in [9.17, 15) is 0 Å². The van der Waals surface area contributed by atoms with Gasteiger partial charge in [-0.3, -0.25) is 4.57 Å². The van der Waals surface area contributed by atoms with Crippen molar-refractivity contribution in [1.82, 2.24) is 9.55 Å². The third-order valence-electron chi connectivity index (χ3n) is 10.3. The maximum atomic E-state index is 5.06. The van der Waals surface area contributed by atoms with E-state index < -0.39 is 0 Å². The van der Waals surface area contributed by atoms with Crippen molar-refractivity contribution in [3.63, 3.8) is 0 Å². The number of hydrogen-bond acceptors (Lipinski definition) is 1. The Kier molecular flexibility index (Phi) is 10.1. The van der Waals surface area contributed by atoms with Crippen LogP contribution in [0.5, 0.6) is 0 Å². The van der Waals surface area contributed by atoms with Crippen LogP contribution < -0.4 is 10.4 Å². The molecule has 2 nitrogen and oxygen atoms in total. The van der Waals surface area contributed by atoms with Gasteiger partial charge < -0.3 is 0 Å². The van der Waals surface area contributed by atoms with Crippen molar-refractivity contribution in [2.75, 3.05) is 0 Å². The zero-order valence-electron chi connectivity index (χ0n) is 30.9. The van der Waals surface area contributed by atoms with E-state index in [0.29, 0.717) is 0 Å². The molecule has 264 valence electrons. The largest absolute Gasteiger partial charge is 0.292 e. The molecule has 55 heavy (non-hydrogen) atoms. The molecule has 0 aliphatic heterocycles. The van der Waals surface area contributed by atoms with Gasteiger partial charge in [-0.05, 0) is 97.3 Å². The minimum absolute atomic E-state index is 0.841. The molecule has 0 spiro atoms. The summed E-state index contributed by atoms with van der Waals surface area (Å²) >= 11 is 0. The molecule has 1 aliphatic carbocycles. The number of para-hydroxylation sites is 3. The molecule has 1 heterocycles. The molecule has 0 N–H and O–H groups in total. The van der Waals surface area contributed by atoms with Gasteiger partial charge in [-0.25, -0.2) is 4.98 Å². The Hall–Kier alpha value is -7.03. The first-order chi connectivity index (χ1) is 27.1. The number of imidazole rings is 1. The third-order valence-corrected chi connectivity index (χ3v) is 10.3. The predicted molar refractivity (Wildman–Crippen MR) is 237 cm³/mol. The normalized spacial score (nSPS) is 12.4. The molecule has 1 aromatic heterocycles. The van der Waals surface area contributed by atoms with Crippen LogP contribution in [0, 0.1) is 0 Å². The third kappa shape index (κ3) is 7.06. The lowest BCUT2D eigenvalue weighted by atomic mass is 9.90. The summed E-state index contributed by atoms with van der Waals surface area (Å²) in [5, 5.41) is 4.87. The fourth-order valence-electron chi connectivity index (χ4n) is 7.57. The molecular formula is C53H42N2. The van der Waals surface area contributed by atoms with Crippen LogP contribution in [0.25, 0.3) is 74.1 Å². The molecule has 0 amide bonds. The fraction of sp³-hybridized carbons (Fsp3) is 0.0377. The SMILES string of the molecule is C=C/C(=C\C=C\c1cccc(-c2cccc3ccccc23)c2c(c(C(=C)c3ccccc3C=C)cc1)=CCCC=2)c1nc2ccccc2n1-c1ccccc1. The predicted octanol–water partition coefficient (Wildman–Crippen LogP) is 12.3. The van der Waals surface area contributed by atoms with Crippen LogP contribution in [-0.2, 0) is 0 Å². The van der Waals surface area contributed by atoms with Gasteiger partial charge in [0.25, 0.3) is 0 Å². The van der Waals surface area contributed by atoms with E-state index in [-0.39, 0.29) is 0 Å². The summed E-state index contributed by atoms with van der Waals surface area (Å²) in [5.41, 5.74) is 11.6. The first-order valence-corrected chi connectivity index (χ1v) is 18.8. The average Bonchev–Trinajstić information content (AvgIpc) is 3.63. The van der Waals surface area contributed by atoms with Gasteiger partial charge in [0.05, 0.1) is 11.0 Å². The second kappa shape index (κ2) is 15.9. The summed E-state index contributed by atoms with van der Waals surface area (Å²) in [6.45, 7) is 13.0. The summed E-state index contributed by atoms with van der Waals surface area (Å²) in [6, 6.07) is 53.2. The summed E-state index contributed by atoms with van der Waals surface area (Å²) in [5.74, 6) is 0.841. The van der Waals surface area contributed by atoms with E-state index in [1.165, 1.54) is 32.3 Å². The summed E-state index contributed by atoms with van der Waals surface area (Å²) in [4.78, 5) is 5.06. The highest BCUT2D eigenvalue weighted by Crippen LogP contribution is 2.29. The fourth-order valence-corrected chi connectivity index (χ4v) is 7.57. The van der Waals surface area contributed by atoms with Crippen molar-refractivity contribution < 1.29 is 0 Å². The molecule has 6 aromatic carbocycles. The number of allylic oxidation sites excluding steroid dienone is 4. The summed E-state index contributed by atoms with van der Waals surface area (Å²) in [6.07, 6.45) is 16.8. The Labute approximate surface area is 323 Å². The number of benzene rings is 5. The number of nitrogens with zero attached hydrogens (tertiary/aromatic N) is 2. The van der Waals surface area contributed by atoms with E-state index >= 15 is 0 Å². The Morgan fingerprint density at radius 3 is 2.18 bits per heavy atom. The van der Waals surface area contributed by atoms with Crippen LogP contribution >= 0.6 is 0 Å². The number of hydrogen-bond donors (Lipinski definition) is 0. The van der Waals surface area contributed by atoms with Gasteiger partial charge in [-0.2, -0.15) is 0 Å². The summed E-state index contributed by atoms with van der Waals surface area (Å²) in [7, 11) is 0. The van der Waals surface area contributed by atoms with Gasteiger partial charge in [0.15, 0.2) is 0 Å². The van der Waals surface area contributed by atoms with Gasteiger partial charge >= 0.3 is 0 Å². The zero-order chi connectivity index (χ0) is 37.6. The molecule has 0 fully saturated rings. The first kappa shape index (κ1) is 35.0. The van der Waals surface area contributed by atoms with E-state index in [4.69, 9.17) is 11.6 Å². The lowest BCUT2D eigenvalue weighted by Gasteiger charge is -2.14. The van der Waals surface area contributed by atoms with Crippen LogP contribution in [0.1, 0.15) is 40.9 Å². The van der Waals surface area contributed by atoms with Crippen molar-refractivity contribution >= 4 is 57.3 Å². The second-order valence-electron chi connectivity index (χ2n) is 13.6. The molecular weight excluding hydrogens is 665 g/mol. The minimum Gasteiger partial charge on any atom is -0.292 e. The molecule has 0 radical (unpaired) electrons. The maximum Gasteiger partial charge on any atom is 0.145 e. The highest BCUT2D eigenvalue weighted by atomic mass is 15.1. The zero-order valence-corrected chi connectivity index (χ0v) is 30.9. The molecule has 0 unspecified atom stereocenters. The monoisotopic (exact) mass is 706 g/mol. The number of fused-ring (bicyclic) bond motifs is 3. The van der Waals surface area contributed by atoms with Crippen LogP contribution in [-0.4, -0.2) is 9.55 Å². The van der Waals surface area contributed by atoms with E-state index in [1.807, 2.05) is 24.3 Å². The van der Waals surface area contributed by atoms with E-state index in [0.717, 1.165) is 68.8 Å². The van der Waals surface area contributed by atoms with Crippen LogP contribution in [0.3, 0.4) is 0 Å². The van der Waals surface area contributed by atoms with Gasteiger partial charge in [0.1, 0.15) is 5.82 Å². The van der Waals surface area contributed by atoms with Crippen molar-refractivity contribution in [2.24, 2.45) is 0 Å². The smallest absolute Gasteiger partial charge is 0.145 e. The Bertz CT molecular complexity index is 2860. The average molecular weight is 707 g/mol. The Morgan fingerprint density at radius 2 is 1.33 bits per heavy atom. The molecule has 8 rings (SSSR count). The number of rotatable bonds is 9. The van der Waals surface area contributed by atoms with E-state index in [1.54, 1.807) is 0 Å². The quantitative estimate of drug-likeness (QED) is 0.137. The van der Waals surface area contributed by atoms with Crippen molar-refractivity contribution in [2.45, 2.75) is 12.8 Å². The van der Waals surface area contributed by atoms with Crippen LogP contribution in [0.4, 0.5) is 0 Å². The Morgan fingerprint density at radius 1 is 0.618 bits per heavy atom. The van der Waals surface area contributed by atoms with Crippen molar-refractivity contribution in [3.8, 4) is 16.8 Å².